The summed E-state index contributed by atoms with van der Waals surface area (Å²) in [6.07, 6.45) is -4.81. The summed E-state index contributed by atoms with van der Waals surface area (Å²) in [6, 6.07) is 2.91. The van der Waals surface area contributed by atoms with Crippen LogP contribution >= 0.6 is 11.3 Å². The van der Waals surface area contributed by atoms with Crippen molar-refractivity contribution in [3.63, 3.8) is 0 Å². The van der Waals surface area contributed by atoms with Crippen molar-refractivity contribution in [3.8, 4) is 0 Å². The van der Waals surface area contributed by atoms with E-state index in [9.17, 15) is 18.0 Å². The van der Waals surface area contributed by atoms with Gasteiger partial charge >= 0.3 is 12.1 Å². The molecule has 0 spiro atoms. The molecule has 0 aliphatic heterocycles. The molecule has 0 fully saturated rings. The molecule has 0 unspecified atom stereocenters. The van der Waals surface area contributed by atoms with Crippen molar-refractivity contribution >= 4 is 28.0 Å². The van der Waals surface area contributed by atoms with Gasteiger partial charge in [-0.05, 0) is 17.5 Å². The molecule has 0 saturated heterocycles. The number of carbonyl (C=O) groups is 1. The second kappa shape index (κ2) is 4.43. The Kier molecular flexibility index (Phi) is 3.46. The van der Waals surface area contributed by atoms with E-state index in [1.54, 1.807) is 5.38 Å². The van der Waals surface area contributed by atoms with Gasteiger partial charge in [0, 0.05) is 0 Å². The second-order valence-corrected chi connectivity index (χ2v) is 3.33. The maximum absolute atomic E-state index is 12.3. The zero-order chi connectivity index (χ0) is 11.5. The molecule has 1 aromatic heterocycles. The number of rotatable bonds is 2. The Hall–Kier alpha value is -1.37. The number of halogens is 3. The first-order valence-corrected chi connectivity index (χ1v) is 4.61. The summed E-state index contributed by atoms with van der Waals surface area (Å²) < 4.78 is 41.0. The molecule has 0 radical (unpaired) electrons. The van der Waals surface area contributed by atoms with E-state index < -0.39 is 17.9 Å². The van der Waals surface area contributed by atoms with E-state index in [1.165, 1.54) is 12.1 Å². The van der Waals surface area contributed by atoms with Crippen LogP contribution in [0.5, 0.6) is 0 Å². The summed E-state index contributed by atoms with van der Waals surface area (Å²) in [4.78, 5) is 14.0. The standard InChI is InChI=1S/C8H6F3NO2S/c1-14-7(13)6(8(9,10)11)12-5-3-2-4-15-5/h2-4H,1H3. The Morgan fingerprint density at radius 3 is 2.60 bits per heavy atom. The van der Waals surface area contributed by atoms with Crippen molar-refractivity contribution in [1.29, 1.82) is 0 Å². The number of esters is 1. The van der Waals surface area contributed by atoms with E-state index in [-0.39, 0.29) is 5.00 Å². The largest absolute Gasteiger partial charge is 0.464 e. The first-order chi connectivity index (χ1) is 6.95. The van der Waals surface area contributed by atoms with Gasteiger partial charge in [0.05, 0.1) is 7.11 Å². The number of hydrogen-bond acceptors (Lipinski definition) is 4. The zero-order valence-electron chi connectivity index (χ0n) is 7.54. The molecule has 82 valence electrons. The van der Waals surface area contributed by atoms with Gasteiger partial charge in [-0.3, -0.25) is 0 Å². The molecular formula is C8H6F3NO2S. The molecule has 1 aromatic rings. The first kappa shape index (κ1) is 11.7. The molecule has 7 heteroatoms. The van der Waals surface area contributed by atoms with Gasteiger partial charge in [0.15, 0.2) is 0 Å². The van der Waals surface area contributed by atoms with E-state index in [1.807, 2.05) is 0 Å². The molecule has 0 aromatic carbocycles. The molecule has 3 nitrogen and oxygen atoms in total. The van der Waals surface area contributed by atoms with Gasteiger partial charge in [-0.15, -0.1) is 11.3 Å². The summed E-state index contributed by atoms with van der Waals surface area (Å²) in [5, 5.41) is 1.66. The lowest BCUT2D eigenvalue weighted by molar-refractivity contribution is -0.137. The van der Waals surface area contributed by atoms with Gasteiger partial charge in [-0.2, -0.15) is 13.2 Å². The Labute approximate surface area is 87.2 Å². The molecule has 0 aliphatic rings. The monoisotopic (exact) mass is 237 g/mol. The van der Waals surface area contributed by atoms with Crippen LogP contribution in [-0.4, -0.2) is 25.0 Å². The van der Waals surface area contributed by atoms with Crippen LogP contribution in [0.3, 0.4) is 0 Å². The molecule has 0 atom stereocenters. The summed E-state index contributed by atoms with van der Waals surface area (Å²) in [5.41, 5.74) is -1.55. The molecule has 15 heavy (non-hydrogen) atoms. The number of thiophene rings is 1. The number of aliphatic imine (C=N–C) groups is 1. The minimum atomic E-state index is -4.81. The van der Waals surface area contributed by atoms with E-state index >= 15 is 0 Å². The van der Waals surface area contributed by atoms with Gasteiger partial charge in [0.25, 0.3) is 0 Å². The van der Waals surface area contributed by atoms with Crippen LogP contribution in [0.4, 0.5) is 18.2 Å². The molecular weight excluding hydrogens is 231 g/mol. The third kappa shape index (κ3) is 3.05. The average molecular weight is 237 g/mol. The van der Waals surface area contributed by atoms with Crippen LogP contribution in [0.2, 0.25) is 0 Å². The Morgan fingerprint density at radius 2 is 2.20 bits per heavy atom. The smallest absolute Gasteiger partial charge is 0.440 e. The van der Waals surface area contributed by atoms with Crippen LogP contribution < -0.4 is 0 Å². The molecule has 0 aliphatic carbocycles. The lowest BCUT2D eigenvalue weighted by Gasteiger charge is -2.07. The fraction of sp³-hybridized carbons (Fsp3) is 0.250. The molecule has 0 saturated carbocycles. The number of hydrogen-bond donors (Lipinski definition) is 0. The topological polar surface area (TPSA) is 38.7 Å². The molecule has 0 N–H and O–H groups in total. The maximum atomic E-state index is 12.3. The van der Waals surface area contributed by atoms with E-state index in [0.717, 1.165) is 18.4 Å². The molecule has 1 heterocycles. The van der Waals surface area contributed by atoms with Crippen molar-refractivity contribution in [2.75, 3.05) is 7.11 Å². The predicted octanol–water partition coefficient (Wildman–Crippen LogP) is 2.56. The Morgan fingerprint density at radius 1 is 1.53 bits per heavy atom. The average Bonchev–Trinajstić information content (AvgIpc) is 2.63. The molecule has 0 bridgehead atoms. The molecule has 0 amide bonds. The van der Waals surface area contributed by atoms with Gasteiger partial charge in [-0.1, -0.05) is 0 Å². The predicted molar refractivity (Wildman–Crippen MR) is 49.5 cm³/mol. The normalized spacial score (nSPS) is 12.7. The van der Waals surface area contributed by atoms with Crippen molar-refractivity contribution in [2.24, 2.45) is 4.99 Å². The highest BCUT2D eigenvalue weighted by molar-refractivity contribution is 7.13. The first-order valence-electron chi connectivity index (χ1n) is 3.73. The van der Waals surface area contributed by atoms with E-state index in [0.29, 0.717) is 0 Å². The number of alkyl halides is 3. The number of nitrogens with zero attached hydrogens (tertiary/aromatic N) is 1. The Bertz CT molecular complexity index is 370. The quantitative estimate of drug-likeness (QED) is 0.585. The zero-order valence-corrected chi connectivity index (χ0v) is 8.35. The lowest BCUT2D eigenvalue weighted by atomic mass is 10.3. The second-order valence-electron chi connectivity index (χ2n) is 2.40. The highest BCUT2D eigenvalue weighted by Crippen LogP contribution is 2.25. The highest BCUT2D eigenvalue weighted by atomic mass is 32.1. The maximum Gasteiger partial charge on any atom is 0.440 e. The number of carbonyl (C=O) groups excluding carboxylic acids is 1. The fourth-order valence-corrected chi connectivity index (χ4v) is 1.36. The molecule has 1 rings (SSSR count). The van der Waals surface area contributed by atoms with Crippen molar-refractivity contribution < 1.29 is 22.7 Å². The Balaban J connectivity index is 3.07. The van der Waals surface area contributed by atoms with Crippen molar-refractivity contribution in [2.45, 2.75) is 6.18 Å². The minimum absolute atomic E-state index is 0.104. The summed E-state index contributed by atoms with van der Waals surface area (Å²) in [5.74, 6) is -1.49. The van der Waals surface area contributed by atoms with Crippen LogP contribution in [0.15, 0.2) is 22.5 Å². The highest BCUT2D eigenvalue weighted by Gasteiger charge is 2.41. The van der Waals surface area contributed by atoms with E-state index in [2.05, 4.69) is 9.73 Å². The van der Waals surface area contributed by atoms with Gasteiger partial charge in [-0.25, -0.2) is 9.79 Å². The fourth-order valence-electron chi connectivity index (χ4n) is 0.765. The number of methoxy groups -OCH3 is 1. The van der Waals surface area contributed by atoms with Crippen molar-refractivity contribution in [1.82, 2.24) is 0 Å². The minimum Gasteiger partial charge on any atom is -0.464 e. The van der Waals surface area contributed by atoms with Crippen LogP contribution in [0, 0.1) is 0 Å². The lowest BCUT2D eigenvalue weighted by Crippen LogP contribution is -2.31. The van der Waals surface area contributed by atoms with Gasteiger partial charge in [0.1, 0.15) is 5.00 Å². The van der Waals surface area contributed by atoms with Crippen LogP contribution in [0.1, 0.15) is 0 Å². The van der Waals surface area contributed by atoms with Gasteiger partial charge in [0.2, 0.25) is 5.71 Å². The number of ether oxygens (including phenoxy) is 1. The third-order valence-corrected chi connectivity index (χ3v) is 2.14. The summed E-state index contributed by atoms with van der Waals surface area (Å²) in [6.45, 7) is 0. The SMILES string of the molecule is COC(=O)C(=Nc1cccs1)C(F)(F)F. The van der Waals surface area contributed by atoms with Crippen LogP contribution in [0.25, 0.3) is 0 Å². The van der Waals surface area contributed by atoms with Crippen molar-refractivity contribution in [3.05, 3.63) is 17.5 Å². The van der Waals surface area contributed by atoms with Gasteiger partial charge < -0.3 is 4.74 Å². The third-order valence-electron chi connectivity index (χ3n) is 1.38. The van der Waals surface area contributed by atoms with Crippen LogP contribution in [-0.2, 0) is 9.53 Å². The summed E-state index contributed by atoms with van der Waals surface area (Å²) >= 11 is 1.000. The van der Waals surface area contributed by atoms with E-state index in [4.69, 9.17) is 0 Å². The summed E-state index contributed by atoms with van der Waals surface area (Å²) in [7, 11) is 0.873.